The first-order chi connectivity index (χ1) is 24.7. The molecule has 0 spiro atoms. The molecule has 51 heavy (non-hydrogen) atoms. The highest BCUT2D eigenvalue weighted by Crippen LogP contribution is 2.36. The van der Waals surface area contributed by atoms with E-state index in [0.717, 1.165) is 51.4 Å². The van der Waals surface area contributed by atoms with Crippen LogP contribution in [0.25, 0.3) is 0 Å². The van der Waals surface area contributed by atoms with Crippen molar-refractivity contribution < 1.29 is 43.0 Å². The first kappa shape index (κ1) is 48.7. The molecule has 0 aliphatic carbocycles. The molecule has 0 radical (unpaired) electrons. The third-order valence-electron chi connectivity index (χ3n) is 8.14. The summed E-state index contributed by atoms with van der Waals surface area (Å²) in [4.78, 5) is 42.8. The van der Waals surface area contributed by atoms with Crippen molar-refractivity contribution in [3.63, 3.8) is 0 Å². The van der Waals surface area contributed by atoms with E-state index in [1.807, 2.05) is 12.2 Å². The highest BCUT2D eigenvalue weighted by atomic mass is 31.2. The minimum Gasteiger partial charge on any atom is -0.462 e. The van der Waals surface area contributed by atoms with E-state index < -0.39 is 38.6 Å². The van der Waals surface area contributed by atoms with E-state index in [-0.39, 0.29) is 19.4 Å². The van der Waals surface area contributed by atoms with Crippen molar-refractivity contribution >= 4 is 19.8 Å². The molecule has 9 nitrogen and oxygen atoms in total. The number of phosphoric ester groups is 1. The number of aliphatic hydroxyl groups excluding tert-OH is 1. The summed E-state index contributed by atoms with van der Waals surface area (Å²) in [6, 6.07) is 0. The molecule has 0 heterocycles. The summed E-state index contributed by atoms with van der Waals surface area (Å²) in [5.41, 5.74) is 0. The zero-order valence-corrected chi connectivity index (χ0v) is 32.7. The molecule has 0 rings (SSSR count). The summed E-state index contributed by atoms with van der Waals surface area (Å²) in [5, 5.41) is 10.2. The number of hydrogen-bond acceptors (Lipinski definition) is 7. The number of carbonyl (C=O) groups excluding carboxylic acids is 2. The topological polar surface area (TPSA) is 140 Å². The van der Waals surface area contributed by atoms with Crippen molar-refractivity contribution in [1.82, 2.24) is 0 Å². The van der Waals surface area contributed by atoms with Crippen molar-refractivity contribution in [2.75, 3.05) is 13.2 Å². The van der Waals surface area contributed by atoms with Gasteiger partial charge in [0.25, 0.3) is 0 Å². The molecule has 1 unspecified atom stereocenters. The number of ether oxygens (including phenoxy) is 2. The normalized spacial score (nSPS) is 13.7. The largest absolute Gasteiger partial charge is 0.469 e. The molecule has 0 aliphatic heterocycles. The smallest absolute Gasteiger partial charge is 0.462 e. The van der Waals surface area contributed by atoms with E-state index in [1.165, 1.54) is 64.2 Å². The maximum atomic E-state index is 12.4. The predicted molar refractivity (Wildman–Crippen MR) is 208 cm³/mol. The van der Waals surface area contributed by atoms with E-state index in [2.05, 4.69) is 54.8 Å². The Morgan fingerprint density at radius 1 is 0.608 bits per heavy atom. The summed E-state index contributed by atoms with van der Waals surface area (Å²) < 4.78 is 26.2. The van der Waals surface area contributed by atoms with Crippen molar-refractivity contribution in [3.05, 3.63) is 60.8 Å². The lowest BCUT2D eigenvalue weighted by atomic mass is 10.1. The Morgan fingerprint density at radius 3 is 1.76 bits per heavy atom. The highest BCUT2D eigenvalue weighted by Gasteiger charge is 2.23. The third kappa shape index (κ3) is 38.8. The van der Waals surface area contributed by atoms with E-state index in [0.29, 0.717) is 19.3 Å². The predicted octanol–water partition coefficient (Wildman–Crippen LogP) is 10.7. The molecule has 0 saturated heterocycles. The number of phosphoric acid groups is 1. The van der Waals surface area contributed by atoms with E-state index in [4.69, 9.17) is 19.3 Å². The van der Waals surface area contributed by atoms with Crippen molar-refractivity contribution in [2.45, 2.75) is 174 Å². The van der Waals surface area contributed by atoms with Gasteiger partial charge in [0.1, 0.15) is 6.61 Å². The van der Waals surface area contributed by atoms with Gasteiger partial charge in [0.15, 0.2) is 6.10 Å². The molecule has 0 aromatic rings. The average molecular weight is 739 g/mol. The van der Waals surface area contributed by atoms with Gasteiger partial charge in [-0.1, -0.05) is 145 Å². The van der Waals surface area contributed by atoms with Gasteiger partial charge >= 0.3 is 19.8 Å². The van der Waals surface area contributed by atoms with Crippen molar-refractivity contribution in [1.29, 1.82) is 0 Å². The van der Waals surface area contributed by atoms with Crippen LogP contribution in [0.5, 0.6) is 0 Å². The Hall–Kier alpha value is -2.29. The number of unbranched alkanes of at least 4 members (excludes halogenated alkanes) is 15. The molecule has 0 aliphatic rings. The fourth-order valence-corrected chi connectivity index (χ4v) is 5.50. The quantitative estimate of drug-likeness (QED) is 0.0190. The van der Waals surface area contributed by atoms with Crippen molar-refractivity contribution in [3.8, 4) is 0 Å². The molecular weight excluding hydrogens is 667 g/mol. The zero-order valence-electron chi connectivity index (χ0n) is 31.8. The van der Waals surface area contributed by atoms with Gasteiger partial charge in [-0.15, -0.1) is 0 Å². The first-order valence-corrected chi connectivity index (χ1v) is 21.2. The lowest BCUT2D eigenvalue weighted by Crippen LogP contribution is -2.29. The van der Waals surface area contributed by atoms with Gasteiger partial charge in [-0.25, -0.2) is 4.57 Å². The third-order valence-corrected chi connectivity index (χ3v) is 8.63. The number of allylic oxidation sites excluding steroid dienone is 9. The lowest BCUT2D eigenvalue weighted by molar-refractivity contribution is -0.161. The van der Waals surface area contributed by atoms with Crippen LogP contribution in [-0.4, -0.2) is 52.3 Å². The zero-order chi connectivity index (χ0) is 37.7. The van der Waals surface area contributed by atoms with Crippen LogP contribution >= 0.6 is 7.82 Å². The fourth-order valence-electron chi connectivity index (χ4n) is 5.14. The molecule has 0 fully saturated rings. The molecular formula is C41H71O9P. The number of rotatable bonds is 35. The highest BCUT2D eigenvalue weighted by molar-refractivity contribution is 7.46. The Labute approximate surface area is 309 Å². The summed E-state index contributed by atoms with van der Waals surface area (Å²) in [7, 11) is -4.80. The van der Waals surface area contributed by atoms with Gasteiger partial charge in [0.05, 0.1) is 12.7 Å². The molecule has 0 aromatic heterocycles. The maximum absolute atomic E-state index is 12.4. The number of carbonyl (C=O) groups is 2. The maximum Gasteiger partial charge on any atom is 0.469 e. The number of esters is 2. The van der Waals surface area contributed by atoms with Gasteiger partial charge in [0.2, 0.25) is 0 Å². The summed E-state index contributed by atoms with van der Waals surface area (Å²) in [6.07, 6.45) is 41.1. The Morgan fingerprint density at radius 2 is 1.14 bits per heavy atom. The lowest BCUT2D eigenvalue weighted by Gasteiger charge is -2.18. The molecule has 0 amide bonds. The molecule has 294 valence electrons. The van der Waals surface area contributed by atoms with Crippen LogP contribution < -0.4 is 0 Å². The van der Waals surface area contributed by atoms with Crippen LogP contribution in [0.2, 0.25) is 0 Å². The second kappa shape index (κ2) is 36.1. The monoisotopic (exact) mass is 738 g/mol. The Bertz CT molecular complexity index is 1030. The number of aliphatic hydroxyl groups is 1. The molecule has 2 atom stereocenters. The second-order valence-electron chi connectivity index (χ2n) is 13.1. The molecule has 10 heteroatoms. The molecule has 0 saturated carbocycles. The van der Waals surface area contributed by atoms with Gasteiger partial charge in [0, 0.05) is 12.8 Å². The van der Waals surface area contributed by atoms with Gasteiger partial charge < -0.3 is 24.4 Å². The van der Waals surface area contributed by atoms with E-state index >= 15 is 0 Å². The fraction of sp³-hybridized carbons (Fsp3) is 0.707. The Balaban J connectivity index is 4.18. The van der Waals surface area contributed by atoms with Crippen LogP contribution in [0.3, 0.4) is 0 Å². The SMILES string of the molecule is CCCCCC/C=C\C=C/CCCCCCCC(=O)O[C@H](COC(=O)CCCC(O)/C=C/C=C/C/C=C/CCCCCCCC)COP(=O)(O)O. The number of hydrogen-bond donors (Lipinski definition) is 3. The van der Waals surface area contributed by atoms with Gasteiger partial charge in [-0.05, 0) is 64.2 Å². The van der Waals surface area contributed by atoms with Crippen LogP contribution in [0.4, 0.5) is 0 Å². The minimum atomic E-state index is -4.80. The van der Waals surface area contributed by atoms with Crippen LogP contribution in [-0.2, 0) is 28.2 Å². The van der Waals surface area contributed by atoms with Crippen LogP contribution in [0.15, 0.2) is 60.8 Å². The van der Waals surface area contributed by atoms with Gasteiger partial charge in [-0.3, -0.25) is 14.1 Å². The Kier molecular flexibility index (Phi) is 34.5. The van der Waals surface area contributed by atoms with Crippen LogP contribution in [0, 0.1) is 0 Å². The van der Waals surface area contributed by atoms with Gasteiger partial charge in [-0.2, -0.15) is 0 Å². The summed E-state index contributed by atoms with van der Waals surface area (Å²) in [6.45, 7) is 3.46. The van der Waals surface area contributed by atoms with Crippen LogP contribution in [0.1, 0.15) is 162 Å². The van der Waals surface area contributed by atoms with Crippen molar-refractivity contribution in [2.24, 2.45) is 0 Å². The summed E-state index contributed by atoms with van der Waals surface area (Å²) >= 11 is 0. The molecule has 3 N–H and O–H groups in total. The molecule has 0 aromatic carbocycles. The van der Waals surface area contributed by atoms with E-state index in [1.54, 1.807) is 12.2 Å². The second-order valence-corrected chi connectivity index (χ2v) is 14.4. The summed E-state index contributed by atoms with van der Waals surface area (Å²) in [5.74, 6) is -1.10. The standard InChI is InChI=1S/C41H71O9P/c1-3-5-7-9-11-13-15-17-18-20-22-24-26-28-30-34-41(44)50-39(37-49-51(45,46)47)36-48-40(43)35-31-33-38(42)32-29-27-25-23-21-19-16-14-12-10-8-6-4-2/h13,15,17-19,21,25,27,29,32,38-39,42H,3-12,14,16,20,22-24,26,28,30-31,33-37H2,1-2H3,(H2,45,46,47)/b15-13-,18-17-,21-19+,27-25+,32-29+/t38?,39-/m1/s1. The van der Waals surface area contributed by atoms with E-state index in [9.17, 15) is 19.3 Å². The molecule has 0 bridgehead atoms. The average Bonchev–Trinajstić information content (AvgIpc) is 3.09. The minimum absolute atomic E-state index is 0.0375. The first-order valence-electron chi connectivity index (χ1n) is 19.7.